The van der Waals surface area contributed by atoms with E-state index in [0.717, 1.165) is 37.3 Å². The van der Waals surface area contributed by atoms with Gasteiger partial charge < -0.3 is 15.0 Å². The Balaban J connectivity index is 1.70. The predicted molar refractivity (Wildman–Crippen MR) is 127 cm³/mol. The second kappa shape index (κ2) is 10.3. The van der Waals surface area contributed by atoms with E-state index in [1.807, 2.05) is 25.1 Å². The molecule has 0 saturated carbocycles. The minimum Gasteiger partial charge on any atom is -0.493 e. The number of hydrogen-bond donors (Lipinski definition) is 2. The lowest BCUT2D eigenvalue weighted by atomic mass is 10.1. The summed E-state index contributed by atoms with van der Waals surface area (Å²) in [4.78, 5) is 14.8. The summed E-state index contributed by atoms with van der Waals surface area (Å²) in [6, 6.07) is 10.8. The smallest absolute Gasteiger partial charge is 0.257 e. The average molecular weight is 497 g/mol. The van der Waals surface area contributed by atoms with Crippen LogP contribution in [0.1, 0.15) is 36.5 Å². The molecule has 1 fully saturated rings. The van der Waals surface area contributed by atoms with Gasteiger partial charge in [-0.2, -0.15) is 0 Å². The SMILES string of the molecule is CCOc1ccc(C(=O)NC(=S)Nc2cccc(Cl)c2N2CCCCC2)cc1Br. The molecule has 0 radical (unpaired) electrons. The van der Waals surface area contributed by atoms with Gasteiger partial charge in [-0.3, -0.25) is 10.1 Å². The number of amides is 1. The molecule has 1 amide bonds. The van der Waals surface area contributed by atoms with E-state index in [9.17, 15) is 4.79 Å². The summed E-state index contributed by atoms with van der Waals surface area (Å²) in [5.74, 6) is 0.391. The maximum atomic E-state index is 12.6. The number of benzene rings is 2. The highest BCUT2D eigenvalue weighted by molar-refractivity contribution is 9.10. The minimum atomic E-state index is -0.298. The van der Waals surface area contributed by atoms with E-state index in [4.69, 9.17) is 28.6 Å². The third-order valence-electron chi connectivity index (χ3n) is 4.63. The first kappa shape index (κ1) is 21.9. The van der Waals surface area contributed by atoms with Gasteiger partial charge in [0.15, 0.2) is 5.11 Å². The van der Waals surface area contributed by atoms with Crippen molar-refractivity contribution < 1.29 is 9.53 Å². The normalized spacial score (nSPS) is 13.7. The molecule has 5 nitrogen and oxygen atoms in total. The first-order chi connectivity index (χ1) is 14.0. The maximum absolute atomic E-state index is 12.6. The highest BCUT2D eigenvalue weighted by Crippen LogP contribution is 2.35. The summed E-state index contributed by atoms with van der Waals surface area (Å²) in [5.41, 5.74) is 2.19. The Morgan fingerprint density at radius 3 is 2.69 bits per heavy atom. The van der Waals surface area contributed by atoms with Gasteiger partial charge in [0.25, 0.3) is 5.91 Å². The number of nitrogens with zero attached hydrogens (tertiary/aromatic N) is 1. The van der Waals surface area contributed by atoms with Crippen molar-refractivity contribution in [2.75, 3.05) is 29.9 Å². The lowest BCUT2D eigenvalue weighted by Gasteiger charge is -2.31. The van der Waals surface area contributed by atoms with E-state index in [1.54, 1.807) is 18.2 Å². The van der Waals surface area contributed by atoms with Crippen molar-refractivity contribution in [2.24, 2.45) is 0 Å². The molecule has 0 atom stereocenters. The summed E-state index contributed by atoms with van der Waals surface area (Å²) < 4.78 is 6.20. The molecular formula is C21H23BrClN3O2S. The molecule has 0 unspecified atom stereocenters. The summed E-state index contributed by atoms with van der Waals surface area (Å²) in [6.45, 7) is 4.37. The first-order valence-electron chi connectivity index (χ1n) is 9.57. The lowest BCUT2D eigenvalue weighted by molar-refractivity contribution is 0.0977. The molecule has 29 heavy (non-hydrogen) atoms. The fraction of sp³-hybridized carbons (Fsp3) is 0.333. The summed E-state index contributed by atoms with van der Waals surface area (Å²) >= 11 is 15.3. The highest BCUT2D eigenvalue weighted by Gasteiger charge is 2.19. The van der Waals surface area contributed by atoms with Gasteiger partial charge in [-0.05, 0) is 84.7 Å². The number of hydrogen-bond acceptors (Lipinski definition) is 4. The van der Waals surface area contributed by atoms with Crippen LogP contribution >= 0.6 is 39.7 Å². The zero-order chi connectivity index (χ0) is 20.8. The second-order valence-electron chi connectivity index (χ2n) is 6.67. The third kappa shape index (κ3) is 5.62. The second-order valence-corrected chi connectivity index (χ2v) is 8.34. The number of carbonyl (C=O) groups excluding carboxylic acids is 1. The van der Waals surface area contributed by atoms with E-state index < -0.39 is 0 Å². The molecule has 0 spiro atoms. The van der Waals surface area contributed by atoms with E-state index in [1.165, 1.54) is 6.42 Å². The highest BCUT2D eigenvalue weighted by atomic mass is 79.9. The van der Waals surface area contributed by atoms with Gasteiger partial charge in [0.2, 0.25) is 0 Å². The quantitative estimate of drug-likeness (QED) is 0.526. The number of piperidine rings is 1. The molecule has 1 saturated heterocycles. The summed E-state index contributed by atoms with van der Waals surface area (Å²) in [6.07, 6.45) is 3.51. The Labute approximate surface area is 189 Å². The van der Waals surface area contributed by atoms with Crippen molar-refractivity contribution in [3.8, 4) is 5.75 Å². The molecular weight excluding hydrogens is 474 g/mol. The molecule has 154 valence electrons. The van der Waals surface area contributed by atoms with Crippen LogP contribution in [-0.4, -0.2) is 30.7 Å². The zero-order valence-corrected chi connectivity index (χ0v) is 19.3. The van der Waals surface area contributed by atoms with Crippen molar-refractivity contribution >= 4 is 62.1 Å². The van der Waals surface area contributed by atoms with Gasteiger partial charge in [-0.1, -0.05) is 17.7 Å². The van der Waals surface area contributed by atoms with Crippen LogP contribution in [-0.2, 0) is 0 Å². The van der Waals surface area contributed by atoms with Crippen LogP contribution in [0, 0.1) is 0 Å². The molecule has 0 bridgehead atoms. The number of anilines is 2. The minimum absolute atomic E-state index is 0.223. The Morgan fingerprint density at radius 2 is 2.00 bits per heavy atom. The van der Waals surface area contributed by atoms with Crippen molar-refractivity contribution in [2.45, 2.75) is 26.2 Å². The molecule has 0 aromatic heterocycles. The van der Waals surface area contributed by atoms with E-state index >= 15 is 0 Å². The number of thiocarbonyl (C=S) groups is 1. The van der Waals surface area contributed by atoms with Gasteiger partial charge in [0.1, 0.15) is 5.75 Å². The van der Waals surface area contributed by atoms with Crippen molar-refractivity contribution in [1.82, 2.24) is 5.32 Å². The molecule has 2 aromatic rings. The molecule has 0 aliphatic carbocycles. The summed E-state index contributed by atoms with van der Waals surface area (Å²) in [5, 5.41) is 6.75. The molecule has 1 heterocycles. The predicted octanol–water partition coefficient (Wildman–Crippen LogP) is 5.62. The Kier molecular flexibility index (Phi) is 7.75. The molecule has 8 heteroatoms. The van der Waals surface area contributed by atoms with Crippen molar-refractivity contribution in [1.29, 1.82) is 0 Å². The Morgan fingerprint density at radius 1 is 1.24 bits per heavy atom. The monoisotopic (exact) mass is 495 g/mol. The van der Waals surface area contributed by atoms with Crippen LogP contribution < -0.4 is 20.3 Å². The number of rotatable bonds is 5. The Bertz CT molecular complexity index is 903. The van der Waals surface area contributed by atoms with Gasteiger partial charge in [0.05, 0.1) is 27.5 Å². The molecule has 2 aromatic carbocycles. The van der Waals surface area contributed by atoms with Crippen LogP contribution in [0.25, 0.3) is 0 Å². The molecule has 1 aliphatic heterocycles. The number of carbonyl (C=O) groups is 1. The standard InChI is InChI=1S/C21H23BrClN3O2S/c1-2-28-18-10-9-14(13-15(18)22)20(27)25-21(29)24-17-8-6-7-16(23)19(17)26-11-4-3-5-12-26/h6-10,13H,2-5,11-12H2,1H3,(H2,24,25,27,29). The van der Waals surface area contributed by atoms with Gasteiger partial charge in [0, 0.05) is 18.7 Å². The van der Waals surface area contributed by atoms with Crippen LogP contribution in [0.3, 0.4) is 0 Å². The zero-order valence-electron chi connectivity index (χ0n) is 16.1. The third-order valence-corrected chi connectivity index (χ3v) is 5.76. The van der Waals surface area contributed by atoms with Crippen molar-refractivity contribution in [3.63, 3.8) is 0 Å². The average Bonchev–Trinajstić information content (AvgIpc) is 2.70. The van der Waals surface area contributed by atoms with Crippen LogP contribution in [0.2, 0.25) is 5.02 Å². The molecule has 1 aliphatic rings. The number of nitrogens with one attached hydrogen (secondary N) is 2. The van der Waals surface area contributed by atoms with Crippen LogP contribution in [0.15, 0.2) is 40.9 Å². The fourth-order valence-electron chi connectivity index (χ4n) is 3.30. The summed E-state index contributed by atoms with van der Waals surface area (Å²) in [7, 11) is 0. The number of para-hydroxylation sites is 1. The number of halogens is 2. The Hall–Kier alpha value is -1.83. The first-order valence-corrected chi connectivity index (χ1v) is 11.2. The van der Waals surface area contributed by atoms with Crippen LogP contribution in [0.4, 0.5) is 11.4 Å². The van der Waals surface area contributed by atoms with E-state index in [0.29, 0.717) is 27.4 Å². The molecule has 2 N–H and O–H groups in total. The molecule has 3 rings (SSSR count). The lowest BCUT2D eigenvalue weighted by Crippen LogP contribution is -2.35. The van der Waals surface area contributed by atoms with E-state index in [-0.39, 0.29) is 11.0 Å². The number of ether oxygens (including phenoxy) is 1. The van der Waals surface area contributed by atoms with Gasteiger partial charge >= 0.3 is 0 Å². The fourth-order valence-corrected chi connectivity index (χ4v) is 4.29. The van der Waals surface area contributed by atoms with Gasteiger partial charge in [-0.15, -0.1) is 0 Å². The largest absolute Gasteiger partial charge is 0.493 e. The van der Waals surface area contributed by atoms with E-state index in [2.05, 4.69) is 31.5 Å². The topological polar surface area (TPSA) is 53.6 Å². The van der Waals surface area contributed by atoms with Gasteiger partial charge in [-0.25, -0.2) is 0 Å². The van der Waals surface area contributed by atoms with Crippen molar-refractivity contribution in [3.05, 3.63) is 51.5 Å². The van der Waals surface area contributed by atoms with Crippen LogP contribution in [0.5, 0.6) is 5.75 Å². The maximum Gasteiger partial charge on any atom is 0.257 e.